The number of aryl methyl sites for hydroxylation is 1. The van der Waals surface area contributed by atoms with Crippen LogP contribution in [0.1, 0.15) is 51.9 Å². The molecular formula is C21H30FN5O2S. The smallest absolute Gasteiger partial charge is 0.350 e. The molecule has 0 aliphatic heterocycles. The number of likely N-dealkylation sites (N-methyl/N-ethyl adjacent to an activating group) is 1. The number of thiazole rings is 1. The van der Waals surface area contributed by atoms with E-state index < -0.39 is 0 Å². The molecule has 0 aliphatic rings. The van der Waals surface area contributed by atoms with Crippen LogP contribution >= 0.6 is 11.3 Å². The summed E-state index contributed by atoms with van der Waals surface area (Å²) in [7, 11) is 5.65. The zero-order valence-electron chi connectivity index (χ0n) is 18.3. The lowest BCUT2D eigenvalue weighted by atomic mass is 10.1. The number of esters is 1. The maximum Gasteiger partial charge on any atom is 0.350 e. The molecule has 2 atom stereocenters. The van der Waals surface area contributed by atoms with Gasteiger partial charge in [-0.3, -0.25) is 4.99 Å². The third kappa shape index (κ3) is 6.24. The van der Waals surface area contributed by atoms with Gasteiger partial charge in [-0.05, 0) is 52.6 Å². The van der Waals surface area contributed by atoms with Gasteiger partial charge in [0.1, 0.15) is 15.7 Å². The fourth-order valence-corrected chi connectivity index (χ4v) is 3.89. The molecule has 1 aromatic carbocycles. The van der Waals surface area contributed by atoms with Gasteiger partial charge in [-0.25, -0.2) is 14.2 Å². The lowest BCUT2D eigenvalue weighted by molar-refractivity contribution is 0.0531. The third-order valence-electron chi connectivity index (χ3n) is 4.56. The number of guanidine groups is 1. The fraction of sp³-hybridized carbons (Fsp3) is 0.476. The number of nitrogens with one attached hydrogen (secondary N) is 2. The van der Waals surface area contributed by atoms with Crippen LogP contribution in [0.4, 0.5) is 4.39 Å². The zero-order valence-corrected chi connectivity index (χ0v) is 19.1. The molecule has 164 valence electrons. The number of rotatable bonds is 8. The summed E-state index contributed by atoms with van der Waals surface area (Å²) in [5.41, 5.74) is 1.67. The lowest BCUT2D eigenvalue weighted by Gasteiger charge is -2.26. The van der Waals surface area contributed by atoms with Gasteiger partial charge in [0.2, 0.25) is 0 Å². The molecule has 0 saturated heterocycles. The Hall–Kier alpha value is -2.52. The van der Waals surface area contributed by atoms with E-state index in [9.17, 15) is 9.18 Å². The third-order valence-corrected chi connectivity index (χ3v) is 5.88. The Bertz CT molecular complexity index is 867. The molecule has 2 N–H and O–H groups in total. The number of hydrogen-bond donors (Lipinski definition) is 2. The highest BCUT2D eigenvalue weighted by atomic mass is 32.1. The van der Waals surface area contributed by atoms with Crippen molar-refractivity contribution < 1.29 is 13.9 Å². The molecule has 1 heterocycles. The number of benzene rings is 1. The summed E-state index contributed by atoms with van der Waals surface area (Å²) < 4.78 is 18.3. The highest BCUT2D eigenvalue weighted by Crippen LogP contribution is 2.24. The van der Waals surface area contributed by atoms with E-state index in [0.29, 0.717) is 29.7 Å². The quantitative estimate of drug-likeness (QED) is 0.376. The van der Waals surface area contributed by atoms with Gasteiger partial charge < -0.3 is 20.3 Å². The number of nitrogens with zero attached hydrogens (tertiary/aromatic N) is 3. The van der Waals surface area contributed by atoms with E-state index in [1.54, 1.807) is 33.0 Å². The van der Waals surface area contributed by atoms with Gasteiger partial charge in [-0.2, -0.15) is 0 Å². The summed E-state index contributed by atoms with van der Waals surface area (Å²) >= 11 is 1.32. The maximum absolute atomic E-state index is 13.3. The molecule has 2 unspecified atom stereocenters. The molecule has 0 saturated carbocycles. The minimum atomic E-state index is -0.346. The van der Waals surface area contributed by atoms with Crippen molar-refractivity contribution in [1.82, 2.24) is 20.5 Å². The van der Waals surface area contributed by atoms with Crippen molar-refractivity contribution in [2.45, 2.75) is 32.9 Å². The molecule has 0 spiro atoms. The zero-order chi connectivity index (χ0) is 22.3. The van der Waals surface area contributed by atoms with Crippen LogP contribution in [0, 0.1) is 12.7 Å². The van der Waals surface area contributed by atoms with Crippen molar-refractivity contribution >= 4 is 23.3 Å². The molecular weight excluding hydrogens is 405 g/mol. The summed E-state index contributed by atoms with van der Waals surface area (Å²) in [5.74, 6) is 0.0139. The van der Waals surface area contributed by atoms with E-state index in [1.807, 2.05) is 21.0 Å². The highest BCUT2D eigenvalue weighted by Gasteiger charge is 2.21. The molecule has 2 rings (SSSR count). The van der Waals surface area contributed by atoms with Crippen LogP contribution in [-0.4, -0.2) is 56.1 Å². The normalized spacial score (nSPS) is 13.8. The summed E-state index contributed by atoms with van der Waals surface area (Å²) in [6, 6.07) is 6.40. The van der Waals surface area contributed by atoms with Crippen molar-refractivity contribution in [2.24, 2.45) is 4.99 Å². The van der Waals surface area contributed by atoms with E-state index in [-0.39, 0.29) is 23.9 Å². The van der Waals surface area contributed by atoms with Gasteiger partial charge in [0, 0.05) is 13.6 Å². The largest absolute Gasteiger partial charge is 0.462 e. The van der Waals surface area contributed by atoms with Crippen molar-refractivity contribution in [2.75, 3.05) is 34.3 Å². The van der Waals surface area contributed by atoms with Gasteiger partial charge >= 0.3 is 5.97 Å². The maximum atomic E-state index is 13.3. The van der Waals surface area contributed by atoms with E-state index in [4.69, 9.17) is 4.74 Å². The van der Waals surface area contributed by atoms with Crippen molar-refractivity contribution in [1.29, 1.82) is 0 Å². The van der Waals surface area contributed by atoms with Crippen LogP contribution in [0.15, 0.2) is 29.3 Å². The van der Waals surface area contributed by atoms with Gasteiger partial charge in [0.25, 0.3) is 0 Å². The Balaban J connectivity index is 2.03. The average Bonchev–Trinajstić information content (AvgIpc) is 3.10. The van der Waals surface area contributed by atoms with Crippen molar-refractivity contribution in [3.05, 3.63) is 51.2 Å². The Morgan fingerprint density at radius 3 is 2.57 bits per heavy atom. The van der Waals surface area contributed by atoms with Crippen molar-refractivity contribution in [3.63, 3.8) is 0 Å². The van der Waals surface area contributed by atoms with Gasteiger partial charge in [0.15, 0.2) is 5.96 Å². The first kappa shape index (κ1) is 23.8. The number of aliphatic imine (C=N–C) groups is 1. The number of carbonyl (C=O) groups excluding carboxylic acids is 1. The highest BCUT2D eigenvalue weighted by molar-refractivity contribution is 7.13. The molecule has 30 heavy (non-hydrogen) atoms. The number of ether oxygens (including phenoxy) is 1. The summed E-state index contributed by atoms with van der Waals surface area (Å²) in [6.45, 7) is 6.45. The molecule has 0 aliphatic carbocycles. The summed E-state index contributed by atoms with van der Waals surface area (Å²) in [5, 5.41) is 7.40. The molecule has 0 fully saturated rings. The number of carbonyl (C=O) groups is 1. The Morgan fingerprint density at radius 2 is 2.00 bits per heavy atom. The second-order valence-corrected chi connectivity index (χ2v) is 8.07. The van der Waals surface area contributed by atoms with Gasteiger partial charge in [0.05, 0.1) is 24.4 Å². The Labute approximate surface area is 181 Å². The van der Waals surface area contributed by atoms with Gasteiger partial charge in [-0.15, -0.1) is 11.3 Å². The summed E-state index contributed by atoms with van der Waals surface area (Å²) in [4.78, 5) is 23.4. The molecule has 0 bridgehead atoms. The Kier molecular flexibility index (Phi) is 8.73. The summed E-state index contributed by atoms with van der Waals surface area (Å²) in [6.07, 6.45) is 0. The van der Waals surface area contributed by atoms with Crippen LogP contribution < -0.4 is 10.6 Å². The Morgan fingerprint density at radius 1 is 1.33 bits per heavy atom. The van der Waals surface area contributed by atoms with E-state index in [0.717, 1.165) is 10.6 Å². The monoisotopic (exact) mass is 435 g/mol. The standard InChI is InChI=1S/C21H30FN5O2S/c1-7-29-20(28)18-13(2)25-19(30-18)14(3)26-21(23-4)24-12-17(27(5)6)15-8-10-16(22)11-9-15/h8-11,14,17H,7,12H2,1-6H3,(H2,23,24,26). The molecule has 1 aromatic heterocycles. The first-order valence-electron chi connectivity index (χ1n) is 9.80. The van der Waals surface area contributed by atoms with Crippen LogP contribution in [0.25, 0.3) is 0 Å². The molecule has 7 nitrogen and oxygen atoms in total. The molecule has 2 aromatic rings. The first-order chi connectivity index (χ1) is 14.3. The number of halogens is 1. The number of aromatic nitrogens is 1. The predicted octanol–water partition coefficient (Wildman–Crippen LogP) is 3.30. The molecule has 0 amide bonds. The van der Waals surface area contributed by atoms with Crippen LogP contribution in [-0.2, 0) is 4.74 Å². The van der Waals surface area contributed by atoms with Gasteiger partial charge in [-0.1, -0.05) is 12.1 Å². The lowest BCUT2D eigenvalue weighted by Crippen LogP contribution is -2.42. The predicted molar refractivity (Wildman–Crippen MR) is 119 cm³/mol. The van der Waals surface area contributed by atoms with Crippen molar-refractivity contribution in [3.8, 4) is 0 Å². The first-order valence-corrected chi connectivity index (χ1v) is 10.6. The minimum Gasteiger partial charge on any atom is -0.462 e. The van der Waals surface area contributed by atoms with E-state index in [1.165, 1.54) is 23.5 Å². The van der Waals surface area contributed by atoms with E-state index >= 15 is 0 Å². The second kappa shape index (κ2) is 11.0. The topological polar surface area (TPSA) is 78.8 Å². The van der Waals surface area contributed by atoms with Crippen LogP contribution in [0.3, 0.4) is 0 Å². The fourth-order valence-electron chi connectivity index (χ4n) is 2.93. The SMILES string of the molecule is CCOC(=O)c1sc(C(C)NC(=NC)NCC(c2ccc(F)cc2)N(C)C)nc1C. The second-order valence-electron chi connectivity index (χ2n) is 7.04. The van der Waals surface area contributed by atoms with E-state index in [2.05, 4.69) is 25.5 Å². The minimum absolute atomic E-state index is 0.0389. The molecule has 9 heteroatoms. The van der Waals surface area contributed by atoms with Crippen LogP contribution in [0.2, 0.25) is 0 Å². The number of hydrogen-bond acceptors (Lipinski definition) is 6. The molecule has 0 radical (unpaired) electrons. The average molecular weight is 436 g/mol. The van der Waals surface area contributed by atoms with Crippen LogP contribution in [0.5, 0.6) is 0 Å².